The first kappa shape index (κ1) is 15.2. The van der Waals surface area contributed by atoms with Gasteiger partial charge in [0.15, 0.2) is 4.77 Å². The predicted molar refractivity (Wildman–Crippen MR) is 85.5 cm³/mol. The molecular formula is C14H16ClN5OS. The van der Waals surface area contributed by atoms with Gasteiger partial charge in [-0.25, -0.2) is 4.98 Å². The zero-order valence-corrected chi connectivity index (χ0v) is 13.7. The maximum absolute atomic E-state index is 12.6. The lowest BCUT2D eigenvalue weighted by atomic mass is 9.96. The molecule has 3 heterocycles. The van der Waals surface area contributed by atoms with E-state index in [1.54, 1.807) is 12.1 Å². The number of aromatic nitrogens is 4. The third-order valence-corrected chi connectivity index (χ3v) is 4.55. The Labute approximate surface area is 138 Å². The minimum Gasteiger partial charge on any atom is -0.338 e. The van der Waals surface area contributed by atoms with Crippen LogP contribution in [0.5, 0.6) is 0 Å². The summed E-state index contributed by atoms with van der Waals surface area (Å²) in [5, 5.41) is 7.48. The van der Waals surface area contributed by atoms with Crippen LogP contribution in [0.4, 0.5) is 0 Å². The quantitative estimate of drug-likeness (QED) is 0.675. The molecule has 1 fully saturated rings. The number of piperidine rings is 1. The average molecular weight is 338 g/mol. The van der Waals surface area contributed by atoms with Crippen molar-refractivity contribution < 1.29 is 4.79 Å². The van der Waals surface area contributed by atoms with E-state index >= 15 is 0 Å². The SMILES string of the molecule is Cn1c([C@@H]2CCCN(C(=O)c3ccc(Cl)nc3)C2)n[nH]c1=S. The Balaban J connectivity index is 1.78. The zero-order chi connectivity index (χ0) is 15.7. The summed E-state index contributed by atoms with van der Waals surface area (Å²) >= 11 is 10.9. The third-order valence-electron chi connectivity index (χ3n) is 3.96. The van der Waals surface area contributed by atoms with Crippen LogP contribution in [0.3, 0.4) is 0 Å². The minimum atomic E-state index is -0.0225. The van der Waals surface area contributed by atoms with Crippen LogP contribution >= 0.6 is 23.8 Å². The van der Waals surface area contributed by atoms with Gasteiger partial charge in [-0.05, 0) is 37.2 Å². The van der Waals surface area contributed by atoms with E-state index in [0.29, 0.717) is 22.0 Å². The molecule has 1 saturated heterocycles. The van der Waals surface area contributed by atoms with Crippen LogP contribution in [0.15, 0.2) is 18.3 Å². The van der Waals surface area contributed by atoms with Gasteiger partial charge in [-0.3, -0.25) is 9.89 Å². The number of pyridine rings is 1. The number of aromatic amines is 1. The molecule has 1 atom stereocenters. The first-order valence-electron chi connectivity index (χ1n) is 7.08. The number of likely N-dealkylation sites (tertiary alicyclic amines) is 1. The molecule has 2 aromatic rings. The summed E-state index contributed by atoms with van der Waals surface area (Å²) in [4.78, 5) is 18.4. The van der Waals surface area contributed by atoms with E-state index < -0.39 is 0 Å². The van der Waals surface area contributed by atoms with Gasteiger partial charge in [0.2, 0.25) is 0 Å². The number of H-pyrrole nitrogens is 1. The fourth-order valence-electron chi connectivity index (χ4n) is 2.78. The Morgan fingerprint density at radius 3 is 2.95 bits per heavy atom. The lowest BCUT2D eigenvalue weighted by Gasteiger charge is -2.32. The van der Waals surface area contributed by atoms with E-state index in [1.807, 2.05) is 16.5 Å². The number of nitrogens with one attached hydrogen (secondary N) is 1. The molecule has 8 heteroatoms. The average Bonchev–Trinajstić information content (AvgIpc) is 2.87. The van der Waals surface area contributed by atoms with E-state index in [2.05, 4.69) is 15.2 Å². The molecule has 0 saturated carbocycles. The molecular weight excluding hydrogens is 322 g/mol. The Kier molecular flexibility index (Phi) is 4.26. The zero-order valence-electron chi connectivity index (χ0n) is 12.1. The number of halogens is 1. The van der Waals surface area contributed by atoms with Crippen LogP contribution in [0.25, 0.3) is 0 Å². The van der Waals surface area contributed by atoms with Crippen LogP contribution in [0.1, 0.15) is 34.9 Å². The minimum absolute atomic E-state index is 0.0225. The highest BCUT2D eigenvalue weighted by Gasteiger charge is 2.28. The van der Waals surface area contributed by atoms with Crippen molar-refractivity contribution in [3.63, 3.8) is 0 Å². The van der Waals surface area contributed by atoms with Crippen molar-refractivity contribution in [2.75, 3.05) is 13.1 Å². The van der Waals surface area contributed by atoms with E-state index in [1.165, 1.54) is 6.20 Å². The van der Waals surface area contributed by atoms with Crippen LogP contribution < -0.4 is 0 Å². The number of hydrogen-bond donors (Lipinski definition) is 1. The highest BCUT2D eigenvalue weighted by Crippen LogP contribution is 2.26. The van der Waals surface area contributed by atoms with E-state index in [9.17, 15) is 4.79 Å². The predicted octanol–water partition coefficient (Wildman–Crippen LogP) is 2.55. The monoisotopic (exact) mass is 337 g/mol. The van der Waals surface area contributed by atoms with Gasteiger partial charge in [-0.1, -0.05) is 11.6 Å². The van der Waals surface area contributed by atoms with Gasteiger partial charge in [0.25, 0.3) is 5.91 Å². The molecule has 0 aliphatic carbocycles. The molecule has 1 amide bonds. The summed E-state index contributed by atoms with van der Waals surface area (Å²) in [7, 11) is 1.89. The van der Waals surface area contributed by atoms with Crippen molar-refractivity contribution >= 4 is 29.7 Å². The summed E-state index contributed by atoms with van der Waals surface area (Å²) < 4.78 is 2.47. The molecule has 0 radical (unpaired) electrons. The molecule has 0 aromatic carbocycles. The van der Waals surface area contributed by atoms with Crippen molar-refractivity contribution in [1.82, 2.24) is 24.6 Å². The number of amides is 1. The van der Waals surface area contributed by atoms with Gasteiger partial charge in [0.05, 0.1) is 5.56 Å². The van der Waals surface area contributed by atoms with Crippen LogP contribution in [0, 0.1) is 4.77 Å². The van der Waals surface area contributed by atoms with E-state index in [4.69, 9.17) is 23.8 Å². The molecule has 3 rings (SSSR count). The van der Waals surface area contributed by atoms with E-state index in [0.717, 1.165) is 25.2 Å². The molecule has 2 aromatic heterocycles. The van der Waals surface area contributed by atoms with Gasteiger partial charge in [0, 0.05) is 32.3 Å². The van der Waals surface area contributed by atoms with Gasteiger partial charge in [0.1, 0.15) is 11.0 Å². The standard InChI is InChI=1S/C14H16ClN5OS/c1-19-12(17-18-14(19)22)10-3-2-6-20(8-10)13(21)9-4-5-11(15)16-7-9/h4-5,7,10H,2-3,6,8H2,1H3,(H,18,22)/t10-/m1/s1. The van der Waals surface area contributed by atoms with Gasteiger partial charge in [-0.2, -0.15) is 5.10 Å². The van der Waals surface area contributed by atoms with Crippen molar-refractivity contribution in [2.45, 2.75) is 18.8 Å². The highest BCUT2D eigenvalue weighted by molar-refractivity contribution is 7.71. The Hall–Kier alpha value is -1.73. The molecule has 0 bridgehead atoms. The summed E-state index contributed by atoms with van der Waals surface area (Å²) in [5.41, 5.74) is 0.556. The first-order valence-corrected chi connectivity index (χ1v) is 7.87. The molecule has 6 nitrogen and oxygen atoms in total. The molecule has 22 heavy (non-hydrogen) atoms. The number of carbonyl (C=O) groups is 1. The van der Waals surface area contributed by atoms with E-state index in [-0.39, 0.29) is 11.8 Å². The van der Waals surface area contributed by atoms with Crippen molar-refractivity contribution in [2.24, 2.45) is 7.05 Å². The number of nitrogens with zero attached hydrogens (tertiary/aromatic N) is 4. The topological polar surface area (TPSA) is 66.8 Å². The second-order valence-electron chi connectivity index (χ2n) is 5.41. The van der Waals surface area contributed by atoms with Gasteiger partial charge < -0.3 is 9.47 Å². The Bertz CT molecular complexity index is 738. The molecule has 1 N–H and O–H groups in total. The Morgan fingerprint density at radius 2 is 2.32 bits per heavy atom. The number of hydrogen-bond acceptors (Lipinski definition) is 4. The highest BCUT2D eigenvalue weighted by atomic mass is 35.5. The number of rotatable bonds is 2. The fourth-order valence-corrected chi connectivity index (χ4v) is 3.03. The van der Waals surface area contributed by atoms with Crippen LogP contribution in [-0.2, 0) is 7.05 Å². The number of carbonyl (C=O) groups excluding carboxylic acids is 1. The molecule has 116 valence electrons. The second kappa shape index (κ2) is 6.18. The summed E-state index contributed by atoms with van der Waals surface area (Å²) in [5.74, 6) is 1.07. The lowest BCUT2D eigenvalue weighted by molar-refractivity contribution is 0.0703. The summed E-state index contributed by atoms with van der Waals surface area (Å²) in [6, 6.07) is 3.34. The normalized spacial score (nSPS) is 18.5. The third kappa shape index (κ3) is 2.91. The van der Waals surface area contributed by atoms with Gasteiger partial charge in [-0.15, -0.1) is 0 Å². The smallest absolute Gasteiger partial charge is 0.255 e. The van der Waals surface area contributed by atoms with Crippen molar-refractivity contribution in [3.05, 3.63) is 39.6 Å². The summed E-state index contributed by atoms with van der Waals surface area (Å²) in [6.45, 7) is 1.38. The Morgan fingerprint density at radius 1 is 1.50 bits per heavy atom. The molecule has 1 aliphatic rings. The first-order chi connectivity index (χ1) is 10.6. The molecule has 0 spiro atoms. The van der Waals surface area contributed by atoms with Crippen LogP contribution in [-0.4, -0.2) is 43.6 Å². The maximum Gasteiger partial charge on any atom is 0.255 e. The van der Waals surface area contributed by atoms with Crippen LogP contribution in [0.2, 0.25) is 5.15 Å². The largest absolute Gasteiger partial charge is 0.338 e. The molecule has 1 aliphatic heterocycles. The summed E-state index contributed by atoms with van der Waals surface area (Å²) in [6.07, 6.45) is 3.46. The molecule has 0 unspecified atom stereocenters. The fraction of sp³-hybridized carbons (Fsp3) is 0.429. The second-order valence-corrected chi connectivity index (χ2v) is 6.18. The van der Waals surface area contributed by atoms with Crippen molar-refractivity contribution in [1.29, 1.82) is 0 Å². The van der Waals surface area contributed by atoms with Crippen molar-refractivity contribution in [3.8, 4) is 0 Å². The van der Waals surface area contributed by atoms with Gasteiger partial charge >= 0.3 is 0 Å². The lowest BCUT2D eigenvalue weighted by Crippen LogP contribution is -2.39. The maximum atomic E-state index is 12.6.